The van der Waals surface area contributed by atoms with Crippen LogP contribution in [0, 0.1) is 5.82 Å². The van der Waals surface area contributed by atoms with Crippen molar-refractivity contribution in [1.29, 1.82) is 0 Å². The van der Waals surface area contributed by atoms with Crippen molar-refractivity contribution in [3.63, 3.8) is 0 Å². The quantitative estimate of drug-likeness (QED) is 0.727. The van der Waals surface area contributed by atoms with Gasteiger partial charge in [-0.15, -0.1) is 5.10 Å². The third-order valence-electron chi connectivity index (χ3n) is 3.19. The van der Waals surface area contributed by atoms with E-state index in [1.54, 1.807) is 0 Å². The SMILES string of the molecule is CCCn1nc2c(=O)n(-c3ccc(F)cc3)ccn2c1=O. The molecule has 0 N–H and O–H groups in total. The van der Waals surface area contributed by atoms with Crippen LogP contribution in [-0.2, 0) is 6.54 Å². The second kappa shape index (κ2) is 5.01. The van der Waals surface area contributed by atoms with Crippen molar-refractivity contribution in [3.05, 3.63) is 63.3 Å². The van der Waals surface area contributed by atoms with Gasteiger partial charge in [0, 0.05) is 24.6 Å². The molecule has 108 valence electrons. The minimum atomic E-state index is -0.420. The highest BCUT2D eigenvalue weighted by molar-refractivity contribution is 5.39. The van der Waals surface area contributed by atoms with E-state index >= 15 is 0 Å². The van der Waals surface area contributed by atoms with Gasteiger partial charge in [-0.25, -0.2) is 18.3 Å². The third kappa shape index (κ3) is 2.16. The standard InChI is InChI=1S/C14H13FN4O2/c1-2-7-19-14(21)18-9-8-17(13(20)12(18)16-19)11-5-3-10(15)4-6-11/h3-6,8-9H,2,7H2,1H3. The summed E-state index contributed by atoms with van der Waals surface area (Å²) in [7, 11) is 0. The molecule has 0 unspecified atom stereocenters. The number of rotatable bonds is 3. The van der Waals surface area contributed by atoms with Crippen LogP contribution in [0.15, 0.2) is 46.2 Å². The Labute approximate surface area is 118 Å². The van der Waals surface area contributed by atoms with Crippen LogP contribution in [0.5, 0.6) is 0 Å². The maximum absolute atomic E-state index is 12.9. The van der Waals surface area contributed by atoms with Gasteiger partial charge in [0.1, 0.15) is 5.82 Å². The van der Waals surface area contributed by atoms with Crippen LogP contribution in [0.4, 0.5) is 4.39 Å². The average Bonchev–Trinajstić information content (AvgIpc) is 2.79. The number of hydrogen-bond acceptors (Lipinski definition) is 3. The van der Waals surface area contributed by atoms with E-state index in [9.17, 15) is 14.0 Å². The molecule has 0 spiro atoms. The number of fused-ring (bicyclic) bond motifs is 1. The van der Waals surface area contributed by atoms with Crippen LogP contribution in [-0.4, -0.2) is 18.7 Å². The smallest absolute Gasteiger partial charge is 0.280 e. The van der Waals surface area contributed by atoms with Gasteiger partial charge in [-0.05, 0) is 30.7 Å². The monoisotopic (exact) mass is 288 g/mol. The van der Waals surface area contributed by atoms with Gasteiger partial charge in [0.25, 0.3) is 0 Å². The van der Waals surface area contributed by atoms with Crippen molar-refractivity contribution in [2.45, 2.75) is 19.9 Å². The molecule has 2 heterocycles. The Hall–Kier alpha value is -2.70. The molecule has 6 nitrogen and oxygen atoms in total. The van der Waals surface area contributed by atoms with Gasteiger partial charge >= 0.3 is 11.2 Å². The molecule has 1 aromatic carbocycles. The van der Waals surface area contributed by atoms with Gasteiger partial charge in [0.05, 0.1) is 0 Å². The molecule has 3 aromatic rings. The Kier molecular flexibility index (Phi) is 3.17. The van der Waals surface area contributed by atoms with Gasteiger partial charge in [-0.1, -0.05) is 6.92 Å². The number of benzene rings is 1. The van der Waals surface area contributed by atoms with E-state index in [-0.39, 0.29) is 17.2 Å². The Morgan fingerprint density at radius 1 is 1.14 bits per heavy atom. The zero-order valence-corrected chi connectivity index (χ0v) is 11.4. The highest BCUT2D eigenvalue weighted by Gasteiger charge is 2.12. The number of hydrogen-bond donors (Lipinski definition) is 0. The van der Waals surface area contributed by atoms with Crippen molar-refractivity contribution >= 4 is 5.65 Å². The fourth-order valence-corrected chi connectivity index (χ4v) is 2.17. The predicted molar refractivity (Wildman–Crippen MR) is 75.3 cm³/mol. The number of halogens is 1. The first kappa shape index (κ1) is 13.3. The van der Waals surface area contributed by atoms with Gasteiger partial charge in [0.15, 0.2) is 0 Å². The summed E-state index contributed by atoms with van der Waals surface area (Å²) < 4.78 is 16.8. The normalized spacial score (nSPS) is 11.1. The summed E-state index contributed by atoms with van der Waals surface area (Å²) in [5.41, 5.74) is -0.187. The van der Waals surface area contributed by atoms with Gasteiger partial charge in [-0.3, -0.25) is 9.36 Å². The summed E-state index contributed by atoms with van der Waals surface area (Å²) in [5, 5.41) is 4.06. The summed E-state index contributed by atoms with van der Waals surface area (Å²) in [6, 6.07) is 5.53. The van der Waals surface area contributed by atoms with E-state index in [0.717, 1.165) is 6.42 Å². The molecule has 0 aliphatic rings. The first-order chi connectivity index (χ1) is 10.1. The lowest BCUT2D eigenvalue weighted by molar-refractivity contribution is 0.582. The molecule has 0 radical (unpaired) electrons. The average molecular weight is 288 g/mol. The number of aromatic nitrogens is 4. The Morgan fingerprint density at radius 2 is 1.86 bits per heavy atom. The third-order valence-corrected chi connectivity index (χ3v) is 3.19. The molecule has 3 rings (SSSR count). The molecule has 0 aliphatic carbocycles. The minimum absolute atomic E-state index is 0.0558. The van der Waals surface area contributed by atoms with Crippen LogP contribution in [0.2, 0.25) is 0 Å². The fourth-order valence-electron chi connectivity index (χ4n) is 2.17. The van der Waals surface area contributed by atoms with Gasteiger partial charge < -0.3 is 0 Å². The van der Waals surface area contributed by atoms with Crippen molar-refractivity contribution in [1.82, 2.24) is 18.7 Å². The van der Waals surface area contributed by atoms with E-state index < -0.39 is 5.56 Å². The highest BCUT2D eigenvalue weighted by atomic mass is 19.1. The molecule has 0 fully saturated rings. The van der Waals surface area contributed by atoms with Gasteiger partial charge in [-0.2, -0.15) is 0 Å². The molecule has 0 saturated heterocycles. The molecular formula is C14H13FN4O2. The van der Waals surface area contributed by atoms with Crippen molar-refractivity contribution in [2.24, 2.45) is 0 Å². The maximum Gasteiger partial charge on any atom is 0.350 e. The fraction of sp³-hybridized carbons (Fsp3) is 0.214. The first-order valence-corrected chi connectivity index (χ1v) is 6.58. The first-order valence-electron chi connectivity index (χ1n) is 6.58. The van der Waals surface area contributed by atoms with Crippen LogP contribution >= 0.6 is 0 Å². The Bertz CT molecular complexity index is 905. The molecular weight excluding hydrogens is 275 g/mol. The molecule has 0 amide bonds. The van der Waals surface area contributed by atoms with Crippen molar-refractivity contribution in [2.75, 3.05) is 0 Å². The van der Waals surface area contributed by atoms with Crippen molar-refractivity contribution in [3.8, 4) is 5.69 Å². The van der Waals surface area contributed by atoms with Crippen LogP contribution in [0.3, 0.4) is 0 Å². The molecule has 0 bridgehead atoms. The Balaban J connectivity index is 2.23. The van der Waals surface area contributed by atoms with Gasteiger partial charge in [0.2, 0.25) is 5.65 Å². The largest absolute Gasteiger partial charge is 0.350 e. The van der Waals surface area contributed by atoms with E-state index in [2.05, 4.69) is 5.10 Å². The van der Waals surface area contributed by atoms with E-state index in [1.807, 2.05) is 6.92 Å². The second-order valence-corrected chi connectivity index (χ2v) is 4.65. The summed E-state index contributed by atoms with van der Waals surface area (Å²) >= 11 is 0. The van der Waals surface area contributed by atoms with E-state index in [0.29, 0.717) is 12.2 Å². The summed E-state index contributed by atoms with van der Waals surface area (Å²) in [6.45, 7) is 2.38. The number of aryl methyl sites for hydroxylation is 1. The maximum atomic E-state index is 12.9. The van der Waals surface area contributed by atoms with Crippen LogP contribution in [0.25, 0.3) is 11.3 Å². The predicted octanol–water partition coefficient (Wildman–Crippen LogP) is 1.20. The zero-order valence-electron chi connectivity index (χ0n) is 11.4. The lowest BCUT2D eigenvalue weighted by atomic mass is 10.3. The summed E-state index contributed by atoms with van der Waals surface area (Å²) in [4.78, 5) is 24.4. The lowest BCUT2D eigenvalue weighted by Gasteiger charge is -2.04. The van der Waals surface area contributed by atoms with Crippen LogP contribution < -0.4 is 11.2 Å². The Morgan fingerprint density at radius 3 is 2.52 bits per heavy atom. The number of nitrogens with zero attached hydrogens (tertiary/aromatic N) is 4. The lowest BCUT2D eigenvalue weighted by Crippen LogP contribution is -2.24. The van der Waals surface area contributed by atoms with Crippen LogP contribution in [0.1, 0.15) is 13.3 Å². The molecule has 2 aromatic heterocycles. The van der Waals surface area contributed by atoms with E-state index in [1.165, 1.54) is 50.3 Å². The van der Waals surface area contributed by atoms with E-state index in [4.69, 9.17) is 0 Å². The molecule has 0 atom stereocenters. The summed E-state index contributed by atoms with van der Waals surface area (Å²) in [6.07, 6.45) is 3.71. The zero-order chi connectivity index (χ0) is 15.0. The summed E-state index contributed by atoms with van der Waals surface area (Å²) in [5.74, 6) is -0.378. The van der Waals surface area contributed by atoms with Crippen molar-refractivity contribution < 1.29 is 4.39 Å². The molecule has 0 saturated carbocycles. The minimum Gasteiger partial charge on any atom is -0.280 e. The molecule has 0 aliphatic heterocycles. The topological polar surface area (TPSA) is 61.3 Å². The second-order valence-electron chi connectivity index (χ2n) is 4.65. The molecule has 21 heavy (non-hydrogen) atoms. The molecule has 7 heteroatoms. The highest BCUT2D eigenvalue weighted by Crippen LogP contribution is 2.06.